The summed E-state index contributed by atoms with van der Waals surface area (Å²) in [5.41, 5.74) is 10.2. The molecule has 12 rings (SSSR count). The van der Waals surface area contributed by atoms with E-state index in [0.29, 0.717) is 0 Å². The molecule has 0 aliphatic heterocycles. The van der Waals surface area contributed by atoms with Crippen LogP contribution in [-0.2, 0) is 0 Å². The second-order valence-electron chi connectivity index (χ2n) is 15.0. The second-order valence-corrected chi connectivity index (χ2v) is 15.0. The lowest BCUT2D eigenvalue weighted by molar-refractivity contribution is 1.15. The smallest absolute Gasteiger partial charge is 0.0562 e. The highest BCUT2D eigenvalue weighted by atomic mass is 15.0. The summed E-state index contributed by atoms with van der Waals surface area (Å²) in [6.07, 6.45) is 0. The minimum atomic E-state index is 1.10. The van der Waals surface area contributed by atoms with Gasteiger partial charge in [0.25, 0.3) is 0 Å². The van der Waals surface area contributed by atoms with E-state index in [4.69, 9.17) is 0 Å². The van der Waals surface area contributed by atoms with Gasteiger partial charge in [0.1, 0.15) is 0 Å². The molecule has 0 unspecified atom stereocenters. The van der Waals surface area contributed by atoms with Gasteiger partial charge in [-0.15, -0.1) is 0 Å². The Morgan fingerprint density at radius 2 is 0.737 bits per heavy atom. The largest absolute Gasteiger partial charge is 0.310 e. The number of rotatable bonds is 3. The zero-order valence-electron chi connectivity index (χ0n) is 31.0. The number of nitrogens with zero attached hydrogens (tertiary/aromatic N) is 3. The first-order valence-corrected chi connectivity index (χ1v) is 19.6. The minimum absolute atomic E-state index is 1.10. The third kappa shape index (κ3) is 4.99. The Bertz CT molecular complexity index is 3630. The average Bonchev–Trinajstić information content (AvgIpc) is 3.60. The Morgan fingerprint density at radius 1 is 0.228 bits per heavy atom. The fourth-order valence-corrected chi connectivity index (χ4v) is 9.18. The van der Waals surface area contributed by atoms with Gasteiger partial charge in [-0.2, -0.15) is 0 Å². The van der Waals surface area contributed by atoms with Gasteiger partial charge in [0.05, 0.1) is 16.7 Å². The summed E-state index contributed by atoms with van der Waals surface area (Å²) in [5.74, 6) is 0. The summed E-state index contributed by atoms with van der Waals surface area (Å²) in [7, 11) is 0. The van der Waals surface area contributed by atoms with Gasteiger partial charge in [0.15, 0.2) is 0 Å². The maximum absolute atomic E-state index is 2.45. The quantitative estimate of drug-likeness (QED) is 0.161. The van der Waals surface area contributed by atoms with Crippen molar-refractivity contribution in [1.82, 2.24) is 13.7 Å². The zero-order valence-corrected chi connectivity index (χ0v) is 31.0. The van der Waals surface area contributed by atoms with Crippen LogP contribution in [0.25, 0.3) is 104 Å². The first kappa shape index (κ1) is 31.7. The van der Waals surface area contributed by atoms with Crippen LogP contribution in [0.3, 0.4) is 0 Å². The second kappa shape index (κ2) is 12.5. The van der Waals surface area contributed by atoms with Crippen LogP contribution >= 0.6 is 0 Å². The third-order valence-corrected chi connectivity index (χ3v) is 11.8. The molecular weight excluding hydrogens is 691 g/mol. The number of benzene rings is 10. The third-order valence-electron chi connectivity index (χ3n) is 11.8. The van der Waals surface area contributed by atoms with E-state index < -0.39 is 0 Å². The highest BCUT2D eigenvalue weighted by molar-refractivity contribution is 6.12. The summed E-state index contributed by atoms with van der Waals surface area (Å²) in [6.45, 7) is 0. The highest BCUT2D eigenvalue weighted by Crippen LogP contribution is 2.37. The topological polar surface area (TPSA) is 14.8 Å². The molecule has 0 N–H and O–H groups in total. The fourth-order valence-electron chi connectivity index (χ4n) is 9.18. The van der Waals surface area contributed by atoms with E-state index in [-0.39, 0.29) is 0 Å². The molecule has 0 atom stereocenters. The Morgan fingerprint density at radius 3 is 1.46 bits per heavy atom. The number of fused-ring (bicyclic) bond motifs is 11. The van der Waals surface area contributed by atoms with Crippen molar-refractivity contribution < 1.29 is 0 Å². The van der Waals surface area contributed by atoms with E-state index in [9.17, 15) is 0 Å². The van der Waals surface area contributed by atoms with Gasteiger partial charge >= 0.3 is 0 Å². The van der Waals surface area contributed by atoms with Crippen LogP contribution in [0.4, 0.5) is 0 Å². The van der Waals surface area contributed by atoms with Crippen molar-refractivity contribution in [2.75, 3.05) is 0 Å². The summed E-state index contributed by atoms with van der Waals surface area (Å²) in [4.78, 5) is 0. The number of hydrogen-bond acceptors (Lipinski definition) is 0. The van der Waals surface area contributed by atoms with Crippen molar-refractivity contribution in [3.8, 4) is 17.1 Å². The lowest BCUT2D eigenvalue weighted by atomic mass is 10.0. The van der Waals surface area contributed by atoms with Crippen LogP contribution in [0.15, 0.2) is 212 Å². The zero-order chi connectivity index (χ0) is 37.5. The first-order chi connectivity index (χ1) is 28.2. The molecule has 0 spiro atoms. The normalized spacial score (nSPS) is 11.9. The molecule has 0 aliphatic rings. The number of hydrogen-bond donors (Lipinski definition) is 0. The molecule has 0 saturated heterocycles. The van der Waals surface area contributed by atoms with Crippen LogP contribution in [0.5, 0.6) is 0 Å². The molecule has 2 heterocycles. The molecule has 3 nitrogen and oxygen atoms in total. The van der Waals surface area contributed by atoms with E-state index in [1.165, 1.54) is 59.8 Å². The van der Waals surface area contributed by atoms with Crippen molar-refractivity contribution in [2.24, 2.45) is 0 Å². The monoisotopic (exact) mass is 725 g/mol. The number of aromatic nitrogens is 3. The lowest BCUT2D eigenvalue weighted by Gasteiger charge is -2.16. The molecule has 0 radical (unpaired) electrons. The molecule has 0 amide bonds. The standard InChI is InChI=1S/C54H35N3/c1-2-15-41(16-3-1)55-42-17-8-13-39(31-42)40-14-9-18-43(32-40)56(45-28-26-38-24-23-37-25-27-44(55)33-50(37)51(38)34-45)46-29-30-49-48-20-6-7-21-53(48)57(54(49)35-46)52-22-10-12-36-11-4-5-19-47(36)52/h1-35H. The van der Waals surface area contributed by atoms with Crippen LogP contribution < -0.4 is 0 Å². The molecule has 0 aliphatic carbocycles. The molecule has 2 aromatic heterocycles. The molecule has 57 heavy (non-hydrogen) atoms. The van der Waals surface area contributed by atoms with Crippen molar-refractivity contribution in [3.05, 3.63) is 212 Å². The van der Waals surface area contributed by atoms with Crippen molar-refractivity contribution in [3.63, 3.8) is 0 Å². The minimum Gasteiger partial charge on any atom is -0.310 e. The molecule has 10 aromatic carbocycles. The van der Waals surface area contributed by atoms with Crippen LogP contribution in [0, 0.1) is 0 Å². The Labute approximate surface area is 328 Å². The van der Waals surface area contributed by atoms with Gasteiger partial charge in [-0.3, -0.25) is 0 Å². The average molecular weight is 726 g/mol. The summed E-state index contributed by atoms with van der Waals surface area (Å²) in [5, 5.41) is 12.1. The Hall–Kier alpha value is -7.62. The maximum atomic E-state index is 2.45. The van der Waals surface area contributed by atoms with Gasteiger partial charge in [-0.25, -0.2) is 0 Å². The predicted octanol–water partition coefficient (Wildman–Crippen LogP) is 14.4. The Balaban J connectivity index is 1.24. The van der Waals surface area contributed by atoms with Gasteiger partial charge in [0.2, 0.25) is 0 Å². The SMILES string of the molecule is c1ccc(-n2c3cccc(c3)c3cccc(c3)n(-c3ccc4c5ccccc5n(-c5cccc6ccccc56)c4c3)c3ccc4ccc5ccc2cc5c4c3)cc1. The van der Waals surface area contributed by atoms with E-state index >= 15 is 0 Å². The van der Waals surface area contributed by atoms with Crippen LogP contribution in [-0.4, -0.2) is 13.7 Å². The van der Waals surface area contributed by atoms with Crippen molar-refractivity contribution in [1.29, 1.82) is 0 Å². The molecule has 266 valence electrons. The summed E-state index contributed by atoms with van der Waals surface area (Å²) >= 11 is 0. The van der Waals surface area contributed by atoms with E-state index in [2.05, 4.69) is 226 Å². The maximum Gasteiger partial charge on any atom is 0.0562 e. The van der Waals surface area contributed by atoms with E-state index in [0.717, 1.165) is 44.2 Å². The van der Waals surface area contributed by atoms with Gasteiger partial charge < -0.3 is 13.7 Å². The Kier molecular flexibility index (Phi) is 6.93. The van der Waals surface area contributed by atoms with Crippen LogP contribution in [0.1, 0.15) is 0 Å². The van der Waals surface area contributed by atoms with Crippen LogP contribution in [0.2, 0.25) is 0 Å². The molecule has 0 saturated carbocycles. The van der Waals surface area contributed by atoms with E-state index in [1.807, 2.05) is 0 Å². The summed E-state index contributed by atoms with van der Waals surface area (Å²) < 4.78 is 7.26. The highest BCUT2D eigenvalue weighted by Gasteiger charge is 2.16. The summed E-state index contributed by atoms with van der Waals surface area (Å²) in [6, 6.07) is 78.1. The molecule has 3 heteroatoms. The lowest BCUT2D eigenvalue weighted by Crippen LogP contribution is -1.99. The molecular formula is C54H35N3. The van der Waals surface area contributed by atoms with Gasteiger partial charge in [-0.05, 0) is 123 Å². The van der Waals surface area contributed by atoms with Gasteiger partial charge in [0, 0.05) is 49.6 Å². The molecule has 12 aromatic rings. The van der Waals surface area contributed by atoms with Crippen molar-refractivity contribution in [2.45, 2.75) is 0 Å². The fraction of sp³-hybridized carbons (Fsp3) is 0. The van der Waals surface area contributed by atoms with Crippen molar-refractivity contribution >= 4 is 87.0 Å². The molecule has 0 fully saturated rings. The predicted molar refractivity (Wildman–Crippen MR) is 242 cm³/mol. The molecule has 8 bridgehead atoms. The first-order valence-electron chi connectivity index (χ1n) is 19.6. The van der Waals surface area contributed by atoms with E-state index in [1.54, 1.807) is 0 Å². The van der Waals surface area contributed by atoms with Gasteiger partial charge in [-0.1, -0.05) is 127 Å². The number of para-hydroxylation sites is 2.